The van der Waals surface area contributed by atoms with Gasteiger partial charge >= 0.3 is 0 Å². The van der Waals surface area contributed by atoms with Crippen LogP contribution in [-0.2, 0) is 4.79 Å². The summed E-state index contributed by atoms with van der Waals surface area (Å²) in [5.74, 6) is 0.347. The van der Waals surface area contributed by atoms with Gasteiger partial charge in [-0.05, 0) is 70.4 Å². The van der Waals surface area contributed by atoms with Gasteiger partial charge in [0.25, 0.3) is 5.91 Å². The number of thioether (sulfide) groups is 1. The van der Waals surface area contributed by atoms with E-state index in [0.717, 1.165) is 21.3 Å². The van der Waals surface area contributed by atoms with Gasteiger partial charge in [-0.3, -0.25) is 14.5 Å². The van der Waals surface area contributed by atoms with Gasteiger partial charge in [0.05, 0.1) is 11.3 Å². The molecule has 0 aromatic heterocycles. The Morgan fingerprint density at radius 2 is 1.86 bits per heavy atom. The molecule has 1 atom stereocenters. The van der Waals surface area contributed by atoms with Gasteiger partial charge in [-0.2, -0.15) is 0 Å². The quantitative estimate of drug-likeness (QED) is 0.529. The zero-order valence-corrected chi connectivity index (χ0v) is 18.2. The molecule has 0 saturated carbocycles. The zero-order chi connectivity index (χ0) is 20.4. The summed E-state index contributed by atoms with van der Waals surface area (Å²) in [6.45, 7) is 2.02. The van der Waals surface area contributed by atoms with Crippen LogP contribution in [0.25, 0.3) is 0 Å². The number of aryl methyl sites for hydroxylation is 1. The fourth-order valence-electron chi connectivity index (χ4n) is 3.34. The molecule has 1 saturated heterocycles. The average molecular weight is 467 g/mol. The van der Waals surface area contributed by atoms with Crippen molar-refractivity contribution in [3.63, 3.8) is 0 Å². The Bertz CT molecular complexity index is 1090. The van der Waals surface area contributed by atoms with Crippen molar-refractivity contribution in [1.82, 2.24) is 0 Å². The molecule has 0 aliphatic carbocycles. The molecule has 1 fully saturated rings. The van der Waals surface area contributed by atoms with Gasteiger partial charge < -0.3 is 5.32 Å². The molecule has 0 spiro atoms. The number of anilines is 2. The number of benzene rings is 3. The van der Waals surface area contributed by atoms with E-state index in [4.69, 9.17) is 0 Å². The molecule has 1 aliphatic rings. The third-order valence-corrected chi connectivity index (χ3v) is 6.60. The third-order valence-electron chi connectivity index (χ3n) is 4.70. The Labute approximate surface area is 182 Å². The molecule has 1 aliphatic heterocycles. The number of carbonyl (C=O) groups excluding carboxylic acids is 2. The minimum Gasteiger partial charge on any atom is -0.322 e. The van der Waals surface area contributed by atoms with Crippen molar-refractivity contribution in [2.24, 2.45) is 0 Å². The van der Waals surface area contributed by atoms with Crippen LogP contribution in [0.1, 0.15) is 26.9 Å². The molecule has 0 radical (unpaired) electrons. The summed E-state index contributed by atoms with van der Waals surface area (Å²) in [5.41, 5.74) is 4.26. The van der Waals surface area contributed by atoms with Crippen LogP contribution < -0.4 is 10.2 Å². The van der Waals surface area contributed by atoms with Crippen molar-refractivity contribution in [2.45, 2.75) is 12.3 Å². The standard InChI is InChI=1S/C23H19BrN2O2S/c1-15-6-4-9-18(12-15)26-21(27)14-29-23(26)16-7-5-8-17(13-16)25-22(28)19-10-2-3-11-20(19)24/h2-13,23H,14H2,1H3,(H,25,28). The van der Waals surface area contributed by atoms with Crippen LogP contribution in [0, 0.1) is 6.92 Å². The summed E-state index contributed by atoms with van der Waals surface area (Å²) in [4.78, 5) is 27.1. The van der Waals surface area contributed by atoms with Gasteiger partial charge in [-0.1, -0.05) is 36.4 Å². The topological polar surface area (TPSA) is 49.4 Å². The molecule has 2 amide bonds. The van der Waals surface area contributed by atoms with E-state index in [1.54, 1.807) is 17.8 Å². The average Bonchev–Trinajstić information content (AvgIpc) is 3.10. The molecule has 1 unspecified atom stereocenters. The highest BCUT2D eigenvalue weighted by molar-refractivity contribution is 9.10. The Morgan fingerprint density at radius 1 is 1.07 bits per heavy atom. The predicted molar refractivity (Wildman–Crippen MR) is 122 cm³/mol. The van der Waals surface area contributed by atoms with E-state index >= 15 is 0 Å². The number of hydrogen-bond donors (Lipinski definition) is 1. The van der Waals surface area contributed by atoms with E-state index in [2.05, 4.69) is 21.2 Å². The highest BCUT2D eigenvalue weighted by Crippen LogP contribution is 2.42. The molecule has 1 N–H and O–H groups in total. The summed E-state index contributed by atoms with van der Waals surface area (Å²) in [6, 6.07) is 23.0. The molecule has 1 heterocycles. The highest BCUT2D eigenvalue weighted by atomic mass is 79.9. The smallest absolute Gasteiger partial charge is 0.256 e. The molecule has 4 rings (SSSR count). The first-order valence-electron chi connectivity index (χ1n) is 9.19. The molecule has 0 bridgehead atoms. The second-order valence-corrected chi connectivity index (χ2v) is 8.75. The Balaban J connectivity index is 1.60. The maximum absolute atomic E-state index is 12.6. The van der Waals surface area contributed by atoms with Gasteiger partial charge in [0, 0.05) is 15.8 Å². The normalized spacial score (nSPS) is 16.1. The van der Waals surface area contributed by atoms with Crippen molar-refractivity contribution in [3.05, 3.63) is 94.0 Å². The molecule has 29 heavy (non-hydrogen) atoms. The lowest BCUT2D eigenvalue weighted by Crippen LogP contribution is -2.27. The first-order chi connectivity index (χ1) is 14.0. The lowest BCUT2D eigenvalue weighted by atomic mass is 10.1. The monoisotopic (exact) mass is 466 g/mol. The minimum absolute atomic E-state index is 0.0910. The lowest BCUT2D eigenvalue weighted by molar-refractivity contribution is -0.115. The summed E-state index contributed by atoms with van der Waals surface area (Å²) in [7, 11) is 0. The van der Waals surface area contributed by atoms with Crippen LogP contribution in [0.3, 0.4) is 0 Å². The summed E-state index contributed by atoms with van der Waals surface area (Å²) in [5, 5.41) is 2.84. The van der Waals surface area contributed by atoms with Gasteiger partial charge in [0.1, 0.15) is 5.37 Å². The van der Waals surface area contributed by atoms with Gasteiger partial charge in [0.15, 0.2) is 0 Å². The lowest BCUT2D eigenvalue weighted by Gasteiger charge is -2.25. The number of hydrogen-bond acceptors (Lipinski definition) is 3. The molecular weight excluding hydrogens is 448 g/mol. The van der Waals surface area contributed by atoms with Crippen molar-refractivity contribution < 1.29 is 9.59 Å². The van der Waals surface area contributed by atoms with Crippen LogP contribution in [0.5, 0.6) is 0 Å². The van der Waals surface area contributed by atoms with Crippen LogP contribution in [0.4, 0.5) is 11.4 Å². The van der Waals surface area contributed by atoms with Crippen molar-refractivity contribution in [1.29, 1.82) is 0 Å². The second-order valence-electron chi connectivity index (χ2n) is 6.83. The Kier molecular flexibility index (Phi) is 5.74. The Morgan fingerprint density at radius 3 is 2.66 bits per heavy atom. The minimum atomic E-state index is -0.180. The van der Waals surface area contributed by atoms with Crippen LogP contribution >= 0.6 is 27.7 Å². The first kappa shape index (κ1) is 19.7. The SMILES string of the molecule is Cc1cccc(N2C(=O)CSC2c2cccc(NC(=O)c3ccccc3Br)c2)c1. The fourth-order valence-corrected chi connectivity index (χ4v) is 4.97. The van der Waals surface area contributed by atoms with Gasteiger partial charge in [-0.15, -0.1) is 11.8 Å². The van der Waals surface area contributed by atoms with Gasteiger partial charge in [-0.25, -0.2) is 0 Å². The maximum Gasteiger partial charge on any atom is 0.256 e. The van der Waals surface area contributed by atoms with Crippen molar-refractivity contribution >= 4 is 50.9 Å². The van der Waals surface area contributed by atoms with E-state index in [9.17, 15) is 9.59 Å². The molecule has 6 heteroatoms. The molecular formula is C23H19BrN2O2S. The van der Waals surface area contributed by atoms with E-state index < -0.39 is 0 Å². The largest absolute Gasteiger partial charge is 0.322 e. The zero-order valence-electron chi connectivity index (χ0n) is 15.8. The number of halogens is 1. The third kappa shape index (κ3) is 4.23. The second kappa shape index (κ2) is 8.43. The Hall–Kier alpha value is -2.57. The van der Waals surface area contributed by atoms with Crippen LogP contribution in [0.2, 0.25) is 0 Å². The maximum atomic E-state index is 12.6. The van der Waals surface area contributed by atoms with Gasteiger partial charge in [0.2, 0.25) is 5.91 Å². The van der Waals surface area contributed by atoms with Crippen molar-refractivity contribution in [3.8, 4) is 0 Å². The highest BCUT2D eigenvalue weighted by Gasteiger charge is 2.34. The molecule has 3 aromatic carbocycles. The number of amides is 2. The number of nitrogens with one attached hydrogen (secondary N) is 1. The molecule has 4 nitrogen and oxygen atoms in total. The van der Waals surface area contributed by atoms with E-state index in [0.29, 0.717) is 17.0 Å². The molecule has 3 aromatic rings. The first-order valence-corrected chi connectivity index (χ1v) is 11.0. The van der Waals surface area contributed by atoms with Crippen molar-refractivity contribution in [2.75, 3.05) is 16.0 Å². The number of carbonyl (C=O) groups is 2. The molecule has 146 valence electrons. The fraction of sp³-hybridized carbons (Fsp3) is 0.130. The summed E-state index contributed by atoms with van der Waals surface area (Å²) < 4.78 is 0.747. The van der Waals surface area contributed by atoms with Crippen LogP contribution in [-0.4, -0.2) is 17.6 Å². The number of rotatable bonds is 4. The van der Waals surface area contributed by atoms with E-state index in [1.165, 1.54) is 0 Å². The summed E-state index contributed by atoms with van der Waals surface area (Å²) >= 11 is 5.01. The van der Waals surface area contributed by atoms with E-state index in [-0.39, 0.29) is 17.2 Å². The summed E-state index contributed by atoms with van der Waals surface area (Å²) in [6.07, 6.45) is 0. The number of nitrogens with zero attached hydrogens (tertiary/aromatic N) is 1. The van der Waals surface area contributed by atoms with Crippen LogP contribution in [0.15, 0.2) is 77.3 Å². The predicted octanol–water partition coefficient (Wildman–Crippen LogP) is 5.79. The van der Waals surface area contributed by atoms with E-state index in [1.807, 2.05) is 78.6 Å².